The van der Waals surface area contributed by atoms with E-state index in [2.05, 4.69) is 12.5 Å². The highest BCUT2D eigenvalue weighted by atomic mass is 35.5. The van der Waals surface area contributed by atoms with Crippen molar-refractivity contribution in [2.75, 3.05) is 7.11 Å². The predicted octanol–water partition coefficient (Wildman–Crippen LogP) is 2.62. The Morgan fingerprint density at radius 3 is 2.03 bits per heavy atom. The van der Waals surface area contributed by atoms with Crippen molar-refractivity contribution in [2.45, 2.75) is 29.5 Å². The van der Waals surface area contributed by atoms with Gasteiger partial charge in [-0.1, -0.05) is 11.6 Å². The van der Waals surface area contributed by atoms with E-state index in [9.17, 15) is 21.6 Å². The van der Waals surface area contributed by atoms with Gasteiger partial charge in [-0.3, -0.25) is 14.2 Å². The van der Waals surface area contributed by atoms with Gasteiger partial charge in [-0.25, -0.2) is 13.9 Å². The van der Waals surface area contributed by atoms with Crippen molar-refractivity contribution in [2.24, 2.45) is 0 Å². The van der Waals surface area contributed by atoms with Gasteiger partial charge in [-0.15, -0.1) is 0 Å². The van der Waals surface area contributed by atoms with Crippen molar-refractivity contribution in [3.63, 3.8) is 0 Å². The second-order valence-corrected chi connectivity index (χ2v) is 12.0. The van der Waals surface area contributed by atoms with E-state index in [0.717, 1.165) is 7.11 Å². The maximum atomic E-state index is 12.9. The Morgan fingerprint density at radius 2 is 1.55 bits per heavy atom. The fraction of sp³-hybridized carbons (Fsp3) is 0.278. The summed E-state index contributed by atoms with van der Waals surface area (Å²) >= 11 is 6.08. The molecule has 0 fully saturated rings. The van der Waals surface area contributed by atoms with Crippen LogP contribution in [0.4, 0.5) is 0 Å². The summed E-state index contributed by atoms with van der Waals surface area (Å²) in [7, 11) is -7.81. The molecular weight excluding hydrogens is 520 g/mol. The van der Waals surface area contributed by atoms with Crippen LogP contribution in [0.15, 0.2) is 53.4 Å². The Balaban J connectivity index is 2.21. The van der Waals surface area contributed by atoms with Crippen molar-refractivity contribution in [3.05, 3.63) is 53.6 Å². The number of carbonyl (C=O) groups excluding carboxylic acids is 1. The summed E-state index contributed by atoms with van der Waals surface area (Å²) in [6.07, 6.45) is 0. The van der Waals surface area contributed by atoms with Crippen LogP contribution in [0.25, 0.3) is 0 Å². The number of carbonyl (C=O) groups is 1. The highest BCUT2D eigenvalue weighted by molar-refractivity contribution is 8.04. The third-order valence-corrected chi connectivity index (χ3v) is 7.76. The van der Waals surface area contributed by atoms with Gasteiger partial charge in [0.15, 0.2) is 0 Å². The number of rotatable bonds is 11. The molecular formula is C18H21ClN2O9S3. The van der Waals surface area contributed by atoms with E-state index in [4.69, 9.17) is 21.5 Å². The van der Waals surface area contributed by atoms with Gasteiger partial charge < -0.3 is 4.74 Å². The molecule has 1 amide bonds. The minimum Gasteiger partial charge on any atom is -0.457 e. The summed E-state index contributed by atoms with van der Waals surface area (Å²) in [6.45, 7) is 2.66. The highest BCUT2D eigenvalue weighted by Crippen LogP contribution is 2.32. The van der Waals surface area contributed by atoms with Crippen LogP contribution in [0, 0.1) is 0 Å². The first-order valence-corrected chi connectivity index (χ1v) is 12.9. The van der Waals surface area contributed by atoms with Crippen LogP contribution >= 0.6 is 23.6 Å². The van der Waals surface area contributed by atoms with Gasteiger partial charge in [-0.05, 0) is 62.4 Å². The Bertz CT molecular complexity index is 1170. The molecule has 0 aromatic heterocycles. The number of hydrogen-bond acceptors (Lipinski definition) is 10. The second kappa shape index (κ2) is 11.0. The quantitative estimate of drug-likeness (QED) is 0.220. The molecule has 3 N–H and O–H groups in total. The lowest BCUT2D eigenvalue weighted by Crippen LogP contribution is -2.56. The zero-order valence-electron chi connectivity index (χ0n) is 17.5. The van der Waals surface area contributed by atoms with Crippen LogP contribution in [0.5, 0.6) is 11.5 Å². The SMILES string of the molecule is COS(=O)(=O)OSC(C)(C)[C@@H](NS(=O)(=O)c1ccc(Oc2ccc(Cl)cc2)cc1)C(=O)NO. The van der Waals surface area contributed by atoms with Crippen LogP contribution in [0.2, 0.25) is 5.02 Å². The van der Waals surface area contributed by atoms with Crippen LogP contribution in [0.3, 0.4) is 0 Å². The lowest BCUT2D eigenvalue weighted by molar-refractivity contribution is -0.131. The van der Waals surface area contributed by atoms with Gasteiger partial charge in [0, 0.05) is 17.1 Å². The molecule has 0 bridgehead atoms. The van der Waals surface area contributed by atoms with E-state index >= 15 is 0 Å². The summed E-state index contributed by atoms with van der Waals surface area (Å²) in [4.78, 5) is 12.0. The molecule has 0 saturated heterocycles. The molecule has 15 heteroatoms. The molecule has 0 aliphatic rings. The Kier molecular flexibility index (Phi) is 9.12. The summed E-state index contributed by atoms with van der Waals surface area (Å²) in [5, 5.41) is 9.58. The number of nitrogens with one attached hydrogen (secondary N) is 2. The molecule has 0 spiro atoms. The van der Waals surface area contributed by atoms with E-state index in [0.29, 0.717) is 16.5 Å². The maximum absolute atomic E-state index is 12.9. The Morgan fingerprint density at radius 1 is 1.03 bits per heavy atom. The van der Waals surface area contributed by atoms with E-state index in [1.165, 1.54) is 43.6 Å². The summed E-state index contributed by atoms with van der Waals surface area (Å²) in [5.41, 5.74) is 1.35. The largest absolute Gasteiger partial charge is 0.457 e. The number of hydrogen-bond donors (Lipinski definition) is 3. The maximum Gasteiger partial charge on any atom is 0.410 e. The molecule has 1 atom stereocenters. The van der Waals surface area contributed by atoms with Crippen molar-refractivity contribution >= 4 is 50.0 Å². The standard InChI is InChI=1S/C18H21ClN2O9S3/c1-18(2,31-30-33(26,27)28-3)16(17(22)20-23)21-32(24,25)15-10-8-14(9-11-15)29-13-6-4-12(19)5-7-13/h4-11,16,21,23H,1-3H3,(H,20,22)/t16-/m0/s1. The normalized spacial score (nSPS) is 13.4. The summed E-state index contributed by atoms with van der Waals surface area (Å²) in [6, 6.07) is 10.2. The van der Waals surface area contributed by atoms with E-state index < -0.39 is 37.1 Å². The molecule has 0 aliphatic heterocycles. The fourth-order valence-corrected chi connectivity index (χ4v) is 5.39. The summed E-state index contributed by atoms with van der Waals surface area (Å²) < 4.78 is 63.5. The molecule has 2 aromatic carbocycles. The number of amides is 1. The first-order chi connectivity index (χ1) is 15.3. The van der Waals surface area contributed by atoms with Gasteiger partial charge in [0.05, 0.1) is 16.8 Å². The third-order valence-electron chi connectivity index (χ3n) is 4.06. The smallest absolute Gasteiger partial charge is 0.410 e. The van der Waals surface area contributed by atoms with Crippen molar-refractivity contribution in [1.82, 2.24) is 10.2 Å². The number of hydroxylamine groups is 1. The monoisotopic (exact) mass is 540 g/mol. The zero-order valence-corrected chi connectivity index (χ0v) is 20.7. The van der Waals surface area contributed by atoms with Crippen molar-refractivity contribution in [1.29, 1.82) is 0 Å². The number of halogens is 1. The number of sulfonamides is 1. The first kappa shape index (κ1) is 27.3. The topological polar surface area (TPSA) is 157 Å². The van der Waals surface area contributed by atoms with Gasteiger partial charge in [0.25, 0.3) is 5.91 Å². The lowest BCUT2D eigenvalue weighted by atomic mass is 10.0. The molecule has 0 aliphatic carbocycles. The zero-order chi connectivity index (χ0) is 24.9. The van der Waals surface area contributed by atoms with Gasteiger partial charge in [0.1, 0.15) is 17.5 Å². The molecule has 2 rings (SSSR count). The molecule has 33 heavy (non-hydrogen) atoms. The molecule has 11 nitrogen and oxygen atoms in total. The minimum atomic E-state index is -4.38. The number of benzene rings is 2. The number of ether oxygens (including phenoxy) is 1. The van der Waals surface area contributed by atoms with Gasteiger partial charge in [-0.2, -0.15) is 16.8 Å². The molecule has 0 heterocycles. The van der Waals surface area contributed by atoms with E-state index in [1.807, 2.05) is 0 Å². The van der Waals surface area contributed by atoms with Gasteiger partial charge >= 0.3 is 10.4 Å². The van der Waals surface area contributed by atoms with Crippen LogP contribution < -0.4 is 14.9 Å². The average molecular weight is 541 g/mol. The molecule has 182 valence electrons. The second-order valence-electron chi connectivity index (χ2n) is 6.89. The van der Waals surface area contributed by atoms with Crippen molar-refractivity contribution in [3.8, 4) is 11.5 Å². The average Bonchev–Trinajstić information content (AvgIpc) is 2.77. The van der Waals surface area contributed by atoms with E-state index in [1.54, 1.807) is 24.3 Å². The molecule has 0 saturated carbocycles. The third kappa shape index (κ3) is 7.82. The molecule has 0 radical (unpaired) electrons. The summed E-state index contributed by atoms with van der Waals surface area (Å²) in [5.74, 6) is -0.315. The van der Waals surface area contributed by atoms with Gasteiger partial charge in [0.2, 0.25) is 10.0 Å². The highest BCUT2D eigenvalue weighted by Gasteiger charge is 2.41. The fourth-order valence-electron chi connectivity index (χ4n) is 2.33. The van der Waals surface area contributed by atoms with E-state index in [-0.39, 0.29) is 16.9 Å². The Labute approximate surface area is 200 Å². The van der Waals surface area contributed by atoms with Crippen LogP contribution in [0.1, 0.15) is 13.8 Å². The molecule has 2 aromatic rings. The van der Waals surface area contributed by atoms with Crippen LogP contribution in [-0.4, -0.2) is 45.8 Å². The Hall–Kier alpha value is -1.91. The predicted molar refractivity (Wildman–Crippen MR) is 121 cm³/mol. The first-order valence-electron chi connectivity index (χ1n) is 8.97. The van der Waals surface area contributed by atoms with Crippen LogP contribution in [-0.2, 0) is 33.0 Å². The minimum absolute atomic E-state index is 0.215. The molecule has 0 unspecified atom stereocenters. The van der Waals surface area contributed by atoms with Crippen molar-refractivity contribution < 1.29 is 39.4 Å². The lowest BCUT2D eigenvalue weighted by Gasteiger charge is -2.30.